The summed E-state index contributed by atoms with van der Waals surface area (Å²) in [5.74, 6) is 0.907. The van der Waals surface area contributed by atoms with Gasteiger partial charge in [0.25, 0.3) is 0 Å². The molecule has 1 amide bonds. The molecule has 0 spiro atoms. The number of piperidine rings is 1. The molecule has 2 aromatic rings. The van der Waals surface area contributed by atoms with E-state index >= 15 is 0 Å². The summed E-state index contributed by atoms with van der Waals surface area (Å²) >= 11 is 0. The zero-order chi connectivity index (χ0) is 21.6. The molecule has 1 fully saturated rings. The van der Waals surface area contributed by atoms with E-state index in [1.165, 1.54) is 0 Å². The molecule has 0 aromatic heterocycles. The Morgan fingerprint density at radius 1 is 1.10 bits per heavy atom. The summed E-state index contributed by atoms with van der Waals surface area (Å²) in [6.07, 6.45) is 2.34. The molecule has 0 bridgehead atoms. The molecule has 30 heavy (non-hydrogen) atoms. The van der Waals surface area contributed by atoms with Gasteiger partial charge in [-0.15, -0.1) is 0 Å². The average Bonchev–Trinajstić information content (AvgIpc) is 2.74. The van der Waals surface area contributed by atoms with E-state index in [0.717, 1.165) is 16.9 Å². The third-order valence-corrected chi connectivity index (χ3v) is 7.01. The lowest BCUT2D eigenvalue weighted by molar-refractivity contribution is -0.132. The fourth-order valence-electron chi connectivity index (χ4n) is 3.61. The van der Waals surface area contributed by atoms with E-state index in [4.69, 9.17) is 4.74 Å². The van der Waals surface area contributed by atoms with Crippen LogP contribution in [0.15, 0.2) is 53.4 Å². The molecule has 0 radical (unpaired) electrons. The molecule has 1 saturated heterocycles. The number of likely N-dealkylation sites (tertiary alicyclic amines) is 1. The second kappa shape index (κ2) is 10.1. The summed E-state index contributed by atoms with van der Waals surface area (Å²) in [6.45, 7) is 5.32. The Bertz CT molecular complexity index is 952. The first-order chi connectivity index (χ1) is 14.3. The molecule has 2 aromatic carbocycles. The summed E-state index contributed by atoms with van der Waals surface area (Å²) < 4.78 is 34.0. The Morgan fingerprint density at radius 2 is 1.80 bits per heavy atom. The number of hydrogen-bond donors (Lipinski definition) is 1. The van der Waals surface area contributed by atoms with E-state index < -0.39 is 10.0 Å². The van der Waals surface area contributed by atoms with Gasteiger partial charge in [0.05, 0.1) is 11.5 Å². The molecule has 162 valence electrons. The molecule has 0 aliphatic carbocycles. The topological polar surface area (TPSA) is 75.7 Å². The van der Waals surface area contributed by atoms with E-state index in [-0.39, 0.29) is 11.9 Å². The van der Waals surface area contributed by atoms with Crippen LogP contribution in [-0.4, -0.2) is 45.0 Å². The van der Waals surface area contributed by atoms with Crippen molar-refractivity contribution in [1.82, 2.24) is 9.62 Å². The highest BCUT2D eigenvalue weighted by atomic mass is 32.2. The van der Waals surface area contributed by atoms with E-state index in [9.17, 15) is 13.2 Å². The SMILES string of the molecule is Cc1ccc(C)c(S(=O)(=O)NC2CCN(C(=O)CCCOc3ccccc3)CC2)c1. The van der Waals surface area contributed by atoms with Crippen molar-refractivity contribution in [3.8, 4) is 5.75 Å². The van der Waals surface area contributed by atoms with E-state index in [2.05, 4.69) is 4.72 Å². The lowest BCUT2D eigenvalue weighted by Crippen LogP contribution is -2.46. The first kappa shape index (κ1) is 22.3. The Morgan fingerprint density at radius 3 is 2.50 bits per heavy atom. The van der Waals surface area contributed by atoms with E-state index in [0.29, 0.717) is 50.3 Å². The number of nitrogens with zero attached hydrogens (tertiary/aromatic N) is 1. The van der Waals surface area contributed by atoms with Crippen LogP contribution in [0.5, 0.6) is 5.75 Å². The van der Waals surface area contributed by atoms with Crippen LogP contribution in [0.2, 0.25) is 0 Å². The number of para-hydroxylation sites is 1. The Balaban J connectivity index is 1.43. The monoisotopic (exact) mass is 430 g/mol. The number of amides is 1. The lowest BCUT2D eigenvalue weighted by atomic mass is 10.1. The minimum absolute atomic E-state index is 0.0995. The largest absolute Gasteiger partial charge is 0.494 e. The zero-order valence-electron chi connectivity index (χ0n) is 17.6. The van der Waals surface area contributed by atoms with Crippen LogP contribution >= 0.6 is 0 Å². The predicted molar refractivity (Wildman–Crippen MR) is 117 cm³/mol. The first-order valence-corrected chi connectivity index (χ1v) is 11.9. The van der Waals surface area contributed by atoms with Gasteiger partial charge in [-0.2, -0.15) is 0 Å². The summed E-state index contributed by atoms with van der Waals surface area (Å²) in [6, 6.07) is 14.8. The second-order valence-electron chi connectivity index (χ2n) is 7.81. The average molecular weight is 431 g/mol. The smallest absolute Gasteiger partial charge is 0.241 e. The van der Waals surface area contributed by atoms with Crippen LogP contribution in [0, 0.1) is 13.8 Å². The van der Waals surface area contributed by atoms with Crippen LogP contribution in [0.1, 0.15) is 36.8 Å². The summed E-state index contributed by atoms with van der Waals surface area (Å²) in [7, 11) is -3.56. The molecule has 0 saturated carbocycles. The van der Waals surface area contributed by atoms with Crippen LogP contribution in [-0.2, 0) is 14.8 Å². The van der Waals surface area contributed by atoms with E-state index in [1.54, 1.807) is 13.0 Å². The maximum absolute atomic E-state index is 12.8. The van der Waals surface area contributed by atoms with E-state index in [1.807, 2.05) is 54.3 Å². The number of sulfonamides is 1. The zero-order valence-corrected chi connectivity index (χ0v) is 18.5. The third kappa shape index (κ3) is 6.06. The first-order valence-electron chi connectivity index (χ1n) is 10.4. The molecular weight excluding hydrogens is 400 g/mol. The van der Waals surface area contributed by atoms with Crippen molar-refractivity contribution in [3.05, 3.63) is 59.7 Å². The molecule has 3 rings (SSSR count). The van der Waals surface area contributed by atoms with Gasteiger partial charge in [-0.25, -0.2) is 13.1 Å². The molecule has 0 atom stereocenters. The maximum Gasteiger partial charge on any atom is 0.241 e. The summed E-state index contributed by atoms with van der Waals surface area (Å²) in [4.78, 5) is 14.6. The van der Waals surface area contributed by atoms with Gasteiger partial charge in [0.2, 0.25) is 15.9 Å². The van der Waals surface area contributed by atoms with Gasteiger partial charge in [-0.1, -0.05) is 30.3 Å². The van der Waals surface area contributed by atoms with Gasteiger partial charge in [-0.3, -0.25) is 4.79 Å². The van der Waals surface area contributed by atoms with Crippen LogP contribution < -0.4 is 9.46 Å². The highest BCUT2D eigenvalue weighted by Gasteiger charge is 2.27. The van der Waals surface area contributed by atoms with Crippen molar-refractivity contribution in [1.29, 1.82) is 0 Å². The minimum Gasteiger partial charge on any atom is -0.494 e. The van der Waals surface area contributed by atoms with Crippen molar-refractivity contribution < 1.29 is 17.9 Å². The summed E-state index contributed by atoms with van der Waals surface area (Å²) in [5.41, 5.74) is 1.65. The van der Waals surface area contributed by atoms with Crippen LogP contribution in [0.25, 0.3) is 0 Å². The second-order valence-corrected chi connectivity index (χ2v) is 9.49. The van der Waals surface area contributed by atoms with Crippen molar-refractivity contribution in [2.75, 3.05) is 19.7 Å². The fraction of sp³-hybridized carbons (Fsp3) is 0.435. The van der Waals surface area contributed by atoms with Crippen molar-refractivity contribution in [3.63, 3.8) is 0 Å². The number of aryl methyl sites for hydroxylation is 2. The van der Waals surface area contributed by atoms with Gasteiger partial charge < -0.3 is 9.64 Å². The normalized spacial score (nSPS) is 15.2. The molecule has 0 unspecified atom stereocenters. The Labute approximate surface area is 179 Å². The number of nitrogens with one attached hydrogen (secondary N) is 1. The summed E-state index contributed by atoms with van der Waals surface area (Å²) in [5, 5.41) is 0. The third-order valence-electron chi connectivity index (χ3n) is 5.35. The van der Waals surface area contributed by atoms with Gasteiger partial charge >= 0.3 is 0 Å². The highest BCUT2D eigenvalue weighted by Crippen LogP contribution is 2.20. The number of rotatable bonds is 8. The molecular formula is C23H30N2O4S. The number of hydrogen-bond acceptors (Lipinski definition) is 4. The van der Waals surface area contributed by atoms with Gasteiger partial charge in [0.15, 0.2) is 0 Å². The number of carbonyl (C=O) groups is 1. The predicted octanol–water partition coefficient (Wildman–Crippen LogP) is 3.43. The molecule has 1 aliphatic heterocycles. The number of ether oxygens (including phenoxy) is 1. The Hall–Kier alpha value is -2.38. The van der Waals surface area contributed by atoms with Crippen molar-refractivity contribution >= 4 is 15.9 Å². The van der Waals surface area contributed by atoms with Gasteiger partial charge in [0, 0.05) is 25.6 Å². The van der Waals surface area contributed by atoms with Gasteiger partial charge in [0.1, 0.15) is 5.75 Å². The van der Waals surface area contributed by atoms with Crippen LogP contribution in [0.3, 0.4) is 0 Å². The Kier molecular flexibility index (Phi) is 7.50. The van der Waals surface area contributed by atoms with Gasteiger partial charge in [-0.05, 0) is 62.4 Å². The highest BCUT2D eigenvalue weighted by molar-refractivity contribution is 7.89. The molecule has 1 heterocycles. The molecule has 6 nitrogen and oxygen atoms in total. The molecule has 1 N–H and O–H groups in total. The quantitative estimate of drug-likeness (QED) is 0.651. The lowest BCUT2D eigenvalue weighted by Gasteiger charge is -2.32. The maximum atomic E-state index is 12.8. The number of benzene rings is 2. The van der Waals surface area contributed by atoms with Crippen LogP contribution in [0.4, 0.5) is 0 Å². The fourth-order valence-corrected chi connectivity index (χ4v) is 5.25. The van der Waals surface area contributed by atoms with Crippen molar-refractivity contribution in [2.45, 2.75) is 50.5 Å². The molecule has 7 heteroatoms. The standard InChI is InChI=1S/C23H30N2O4S/c1-18-10-11-19(2)22(17-18)30(27,28)24-20-12-14-25(15-13-20)23(26)9-6-16-29-21-7-4-3-5-8-21/h3-5,7-8,10-11,17,20,24H,6,9,12-16H2,1-2H3. The minimum atomic E-state index is -3.56. The number of carbonyl (C=O) groups excluding carboxylic acids is 1. The molecule has 1 aliphatic rings. The van der Waals surface area contributed by atoms with Crippen molar-refractivity contribution in [2.24, 2.45) is 0 Å².